The molecule has 0 aliphatic carbocycles. The molecule has 2 nitrogen and oxygen atoms in total. The van der Waals surface area contributed by atoms with Crippen molar-refractivity contribution in [1.82, 2.24) is 4.90 Å². The largest absolute Gasteiger partial charge is 0.326 e. The second-order valence-corrected chi connectivity index (χ2v) is 6.24. The third-order valence-electron chi connectivity index (χ3n) is 3.66. The van der Waals surface area contributed by atoms with E-state index < -0.39 is 0 Å². The molecule has 1 aliphatic heterocycles. The second-order valence-electron chi connectivity index (χ2n) is 5.81. The first-order chi connectivity index (χ1) is 8.99. The maximum absolute atomic E-state index is 14.1. The molecule has 0 radical (unpaired) electrons. The Hall–Kier alpha value is -0.640. The van der Waals surface area contributed by atoms with Crippen molar-refractivity contribution in [3.05, 3.63) is 34.6 Å². The van der Waals surface area contributed by atoms with Gasteiger partial charge < -0.3 is 5.73 Å². The lowest BCUT2D eigenvalue weighted by Gasteiger charge is -2.41. The Morgan fingerprint density at radius 2 is 2.21 bits per heavy atom. The van der Waals surface area contributed by atoms with Crippen LogP contribution in [0.25, 0.3) is 0 Å². The fourth-order valence-corrected chi connectivity index (χ4v) is 3.12. The normalized spacial score (nSPS) is 24.9. The Kier molecular flexibility index (Phi) is 4.82. The molecule has 1 aromatic carbocycles. The summed E-state index contributed by atoms with van der Waals surface area (Å²) in [5.74, 6) is 0.329. The van der Waals surface area contributed by atoms with Crippen LogP contribution in [0.5, 0.6) is 0 Å². The van der Waals surface area contributed by atoms with E-state index >= 15 is 0 Å². The van der Waals surface area contributed by atoms with Crippen LogP contribution in [0.4, 0.5) is 4.39 Å². The van der Waals surface area contributed by atoms with E-state index in [1.165, 1.54) is 6.07 Å². The van der Waals surface area contributed by atoms with E-state index in [9.17, 15) is 4.39 Å². The van der Waals surface area contributed by atoms with Crippen LogP contribution in [0.1, 0.15) is 38.3 Å². The van der Waals surface area contributed by atoms with Crippen molar-refractivity contribution in [2.75, 3.05) is 13.1 Å². The number of rotatable bonds is 3. The molecule has 0 saturated carbocycles. The van der Waals surface area contributed by atoms with Gasteiger partial charge in [-0.2, -0.15) is 0 Å². The van der Waals surface area contributed by atoms with E-state index in [1.807, 2.05) is 0 Å². The van der Waals surface area contributed by atoms with Crippen LogP contribution in [0, 0.1) is 11.7 Å². The Morgan fingerprint density at radius 3 is 2.89 bits per heavy atom. The molecule has 2 N–H and O–H groups in total. The summed E-state index contributed by atoms with van der Waals surface area (Å²) < 4.78 is 14.1. The van der Waals surface area contributed by atoms with Crippen LogP contribution in [0.3, 0.4) is 0 Å². The lowest BCUT2D eigenvalue weighted by molar-refractivity contribution is 0.111. The van der Waals surface area contributed by atoms with Gasteiger partial charge in [0, 0.05) is 23.2 Å². The molecule has 106 valence electrons. The van der Waals surface area contributed by atoms with Crippen molar-refractivity contribution >= 4 is 11.6 Å². The molecule has 19 heavy (non-hydrogen) atoms. The predicted octanol–water partition coefficient (Wildman–Crippen LogP) is 3.60. The van der Waals surface area contributed by atoms with Gasteiger partial charge in [0.2, 0.25) is 0 Å². The Balaban J connectivity index is 2.33. The summed E-state index contributed by atoms with van der Waals surface area (Å²) in [5, 5.41) is 0.568. The summed E-state index contributed by atoms with van der Waals surface area (Å²) in [6, 6.07) is 4.66. The minimum absolute atomic E-state index is 0.0273. The molecule has 1 aliphatic rings. The molecule has 0 amide bonds. The highest BCUT2D eigenvalue weighted by molar-refractivity contribution is 6.30. The van der Waals surface area contributed by atoms with Gasteiger partial charge in [-0.25, -0.2) is 4.39 Å². The van der Waals surface area contributed by atoms with Crippen molar-refractivity contribution < 1.29 is 4.39 Å². The summed E-state index contributed by atoms with van der Waals surface area (Å²) in [7, 11) is 0. The van der Waals surface area contributed by atoms with Gasteiger partial charge in [-0.3, -0.25) is 4.90 Å². The summed E-state index contributed by atoms with van der Waals surface area (Å²) >= 11 is 6.01. The zero-order chi connectivity index (χ0) is 14.0. The van der Waals surface area contributed by atoms with Gasteiger partial charge in [0.1, 0.15) is 5.82 Å². The number of halogens is 2. The highest BCUT2D eigenvalue weighted by atomic mass is 35.5. The topological polar surface area (TPSA) is 29.3 Å². The van der Waals surface area contributed by atoms with Gasteiger partial charge in [0.05, 0.1) is 6.04 Å². The third-order valence-corrected chi connectivity index (χ3v) is 3.89. The standard InChI is InChI=1S/C15H22ClFN2/c1-10(2)9-19-7-3-4-14(18)15(19)12-8-11(16)5-6-13(12)17/h5-6,8,10,14-15H,3-4,7,9,18H2,1-2H3. The van der Waals surface area contributed by atoms with Crippen LogP contribution in [-0.2, 0) is 0 Å². The van der Waals surface area contributed by atoms with Crippen molar-refractivity contribution in [3.8, 4) is 0 Å². The van der Waals surface area contributed by atoms with Crippen LogP contribution in [-0.4, -0.2) is 24.0 Å². The maximum Gasteiger partial charge on any atom is 0.128 e. The molecule has 2 rings (SSSR count). The van der Waals surface area contributed by atoms with Crippen molar-refractivity contribution in [1.29, 1.82) is 0 Å². The third kappa shape index (κ3) is 3.47. The molecule has 1 saturated heterocycles. The number of benzene rings is 1. The van der Waals surface area contributed by atoms with Gasteiger partial charge >= 0.3 is 0 Å². The Morgan fingerprint density at radius 1 is 1.47 bits per heavy atom. The minimum Gasteiger partial charge on any atom is -0.326 e. The summed E-state index contributed by atoms with van der Waals surface area (Å²) in [6.45, 7) is 6.25. The van der Waals surface area contributed by atoms with Crippen molar-refractivity contribution in [3.63, 3.8) is 0 Å². The van der Waals surface area contributed by atoms with E-state index in [1.54, 1.807) is 12.1 Å². The predicted molar refractivity (Wildman–Crippen MR) is 77.8 cm³/mol. The van der Waals surface area contributed by atoms with Crippen LogP contribution in [0.2, 0.25) is 5.02 Å². The molecule has 4 heteroatoms. The zero-order valence-corrected chi connectivity index (χ0v) is 12.3. The molecule has 1 heterocycles. The second kappa shape index (κ2) is 6.21. The molecule has 0 bridgehead atoms. The highest BCUT2D eigenvalue weighted by Crippen LogP contribution is 2.33. The average Bonchev–Trinajstić information content (AvgIpc) is 2.32. The first-order valence-electron chi connectivity index (χ1n) is 6.93. The van der Waals surface area contributed by atoms with E-state index in [4.69, 9.17) is 17.3 Å². The number of nitrogens with two attached hydrogens (primary N) is 1. The molecule has 0 spiro atoms. The fraction of sp³-hybridized carbons (Fsp3) is 0.600. The zero-order valence-electron chi connectivity index (χ0n) is 11.6. The first-order valence-corrected chi connectivity index (χ1v) is 7.31. The fourth-order valence-electron chi connectivity index (χ4n) is 2.94. The summed E-state index contributed by atoms with van der Waals surface area (Å²) in [4.78, 5) is 2.30. The molecule has 2 atom stereocenters. The number of hydrogen-bond acceptors (Lipinski definition) is 2. The number of likely N-dealkylation sites (tertiary alicyclic amines) is 1. The number of piperidine rings is 1. The number of hydrogen-bond donors (Lipinski definition) is 1. The van der Waals surface area contributed by atoms with Crippen LogP contribution >= 0.6 is 11.6 Å². The first kappa shape index (κ1) is 14.8. The Bertz CT molecular complexity index is 436. The SMILES string of the molecule is CC(C)CN1CCCC(N)C1c1cc(Cl)ccc1F. The molecule has 1 fully saturated rings. The van der Waals surface area contributed by atoms with Gasteiger partial charge in [-0.1, -0.05) is 25.4 Å². The van der Waals surface area contributed by atoms with Gasteiger partial charge in [0.15, 0.2) is 0 Å². The molecular formula is C15H22ClFN2. The molecular weight excluding hydrogens is 263 g/mol. The van der Waals surface area contributed by atoms with Crippen molar-refractivity contribution in [2.45, 2.75) is 38.8 Å². The van der Waals surface area contributed by atoms with Crippen molar-refractivity contribution in [2.24, 2.45) is 11.7 Å². The summed E-state index contributed by atoms with van der Waals surface area (Å²) in [5.41, 5.74) is 6.88. The van der Waals surface area contributed by atoms with Gasteiger partial charge in [-0.15, -0.1) is 0 Å². The van der Waals surface area contributed by atoms with E-state index in [-0.39, 0.29) is 17.9 Å². The molecule has 1 aromatic rings. The maximum atomic E-state index is 14.1. The van der Waals surface area contributed by atoms with Gasteiger partial charge in [-0.05, 0) is 43.5 Å². The lowest BCUT2D eigenvalue weighted by atomic mass is 9.90. The Labute approximate surface area is 119 Å². The number of nitrogens with zero attached hydrogens (tertiary/aromatic N) is 1. The molecule has 0 aromatic heterocycles. The average molecular weight is 285 g/mol. The quantitative estimate of drug-likeness (QED) is 0.919. The minimum atomic E-state index is -0.208. The van der Waals surface area contributed by atoms with Crippen LogP contribution in [0.15, 0.2) is 18.2 Å². The monoisotopic (exact) mass is 284 g/mol. The highest BCUT2D eigenvalue weighted by Gasteiger charge is 2.32. The van der Waals surface area contributed by atoms with Gasteiger partial charge in [0.25, 0.3) is 0 Å². The van der Waals surface area contributed by atoms with Crippen LogP contribution < -0.4 is 5.73 Å². The van der Waals surface area contributed by atoms with E-state index in [2.05, 4.69) is 18.7 Å². The smallest absolute Gasteiger partial charge is 0.128 e. The summed E-state index contributed by atoms with van der Waals surface area (Å²) in [6.07, 6.45) is 2.01. The van der Waals surface area contributed by atoms with E-state index in [0.717, 1.165) is 25.9 Å². The van der Waals surface area contributed by atoms with E-state index in [0.29, 0.717) is 16.5 Å². The molecule has 2 unspecified atom stereocenters. The lowest BCUT2D eigenvalue weighted by Crippen LogP contribution is -2.47.